The first-order valence-corrected chi connectivity index (χ1v) is 8.58. The zero-order valence-corrected chi connectivity index (χ0v) is 14.2. The standard InChI is InChI=1S/C22H21N3/c1-3-8-18-19-11-12-20(25-19)22(21(18)16(13-23)14-24)17(4-2)15-9-6-5-7-10-15/h4-10,17-20,22,25H,1-2,11-12H2/t17-,18-,19-,20+,22+/m0/s1. The Labute approximate surface area is 149 Å². The van der Waals surface area contributed by atoms with E-state index in [4.69, 9.17) is 0 Å². The third-order valence-corrected chi connectivity index (χ3v) is 5.44. The summed E-state index contributed by atoms with van der Waals surface area (Å²) < 4.78 is 0. The number of nitrogens with one attached hydrogen (secondary N) is 1. The van der Waals surface area contributed by atoms with Crippen LogP contribution >= 0.6 is 0 Å². The van der Waals surface area contributed by atoms with Gasteiger partial charge in [-0.15, -0.1) is 12.3 Å². The van der Waals surface area contributed by atoms with E-state index in [1.807, 2.05) is 30.4 Å². The summed E-state index contributed by atoms with van der Waals surface area (Å²) in [7, 11) is 0. The zero-order chi connectivity index (χ0) is 17.8. The number of benzene rings is 1. The molecule has 3 nitrogen and oxygen atoms in total. The Kier molecular flexibility index (Phi) is 5.01. The molecule has 0 aromatic heterocycles. The van der Waals surface area contributed by atoms with Crippen molar-refractivity contribution in [2.45, 2.75) is 30.8 Å². The second-order valence-electron chi connectivity index (χ2n) is 6.61. The summed E-state index contributed by atoms with van der Waals surface area (Å²) in [6.45, 7) is 7.77. The van der Waals surface area contributed by atoms with E-state index in [1.54, 1.807) is 0 Å². The summed E-state index contributed by atoms with van der Waals surface area (Å²) in [5, 5.41) is 22.8. The summed E-state index contributed by atoms with van der Waals surface area (Å²) in [6.07, 6.45) is 5.90. The van der Waals surface area contributed by atoms with Crippen LogP contribution in [-0.2, 0) is 0 Å². The molecule has 3 heteroatoms. The molecule has 0 unspecified atom stereocenters. The normalized spacial score (nSPS) is 28.2. The van der Waals surface area contributed by atoms with Crippen molar-refractivity contribution in [3.8, 4) is 12.1 Å². The minimum atomic E-state index is -0.0262. The van der Waals surface area contributed by atoms with Crippen molar-refractivity contribution < 1.29 is 0 Å². The molecule has 124 valence electrons. The number of fused-ring (bicyclic) bond motifs is 2. The fraction of sp³-hybridized carbons (Fsp3) is 0.318. The fourth-order valence-corrected chi connectivity index (χ4v) is 4.45. The molecular formula is C22H21N3. The number of hydrogen-bond donors (Lipinski definition) is 1. The van der Waals surface area contributed by atoms with Crippen molar-refractivity contribution in [1.82, 2.24) is 5.32 Å². The molecule has 1 aromatic carbocycles. The third kappa shape index (κ3) is 2.97. The first kappa shape index (κ1) is 17.0. The Hall–Kier alpha value is -2.84. The molecule has 25 heavy (non-hydrogen) atoms. The van der Waals surface area contributed by atoms with Crippen LogP contribution in [0.3, 0.4) is 0 Å². The molecule has 0 saturated carbocycles. The van der Waals surface area contributed by atoms with Gasteiger partial charge in [-0.2, -0.15) is 10.5 Å². The zero-order valence-electron chi connectivity index (χ0n) is 14.2. The largest absolute Gasteiger partial charge is 0.310 e. The van der Waals surface area contributed by atoms with Gasteiger partial charge in [-0.25, -0.2) is 0 Å². The predicted molar refractivity (Wildman–Crippen MR) is 98.3 cm³/mol. The van der Waals surface area contributed by atoms with E-state index in [9.17, 15) is 10.5 Å². The fourth-order valence-electron chi connectivity index (χ4n) is 4.45. The van der Waals surface area contributed by atoms with E-state index in [-0.39, 0.29) is 35.4 Å². The van der Waals surface area contributed by atoms with Gasteiger partial charge in [-0.05, 0) is 30.1 Å². The molecule has 3 rings (SSSR count). The molecular weight excluding hydrogens is 306 g/mol. The second-order valence-corrected chi connectivity index (χ2v) is 6.61. The first-order chi connectivity index (χ1) is 12.2. The summed E-state index contributed by atoms with van der Waals surface area (Å²) in [4.78, 5) is 0. The van der Waals surface area contributed by atoms with Gasteiger partial charge in [0.1, 0.15) is 17.7 Å². The molecule has 1 N–H and O–H groups in total. The quantitative estimate of drug-likeness (QED) is 0.516. The maximum absolute atomic E-state index is 9.57. The number of allylic oxidation sites excluding steroid dienone is 2. The minimum absolute atomic E-state index is 0.0262. The van der Waals surface area contributed by atoms with E-state index in [2.05, 4.69) is 48.5 Å². The number of nitrogens with zero attached hydrogens (tertiary/aromatic N) is 2. The molecule has 2 bridgehead atoms. The monoisotopic (exact) mass is 327 g/mol. The molecule has 5 atom stereocenters. The maximum atomic E-state index is 9.57. The SMILES string of the molecule is C=C=C[C@@H]1C(=C(C#N)C#N)[C@H]([C@@H](C=C)c2ccccc2)[C@H]2CC[C@@H]1N2. The third-order valence-electron chi connectivity index (χ3n) is 5.44. The van der Waals surface area contributed by atoms with Crippen LogP contribution in [0.2, 0.25) is 0 Å². The highest BCUT2D eigenvalue weighted by atomic mass is 15.0. The van der Waals surface area contributed by atoms with Crippen LogP contribution in [0.4, 0.5) is 0 Å². The van der Waals surface area contributed by atoms with Gasteiger partial charge in [0.25, 0.3) is 0 Å². The highest BCUT2D eigenvalue weighted by Crippen LogP contribution is 2.47. The van der Waals surface area contributed by atoms with Gasteiger partial charge in [-0.3, -0.25) is 0 Å². The average Bonchev–Trinajstić information content (AvgIpc) is 3.08. The molecule has 2 heterocycles. The molecule has 1 aromatic rings. The Bertz CT molecular complexity index is 799. The van der Waals surface area contributed by atoms with Crippen molar-refractivity contribution in [3.05, 3.63) is 78.1 Å². The lowest BCUT2D eigenvalue weighted by atomic mass is 9.69. The van der Waals surface area contributed by atoms with Crippen LogP contribution in [-0.4, -0.2) is 12.1 Å². The number of hydrogen-bond acceptors (Lipinski definition) is 3. The topological polar surface area (TPSA) is 59.6 Å². The van der Waals surface area contributed by atoms with Crippen molar-refractivity contribution in [3.63, 3.8) is 0 Å². The van der Waals surface area contributed by atoms with Gasteiger partial charge in [0, 0.05) is 29.8 Å². The highest BCUT2D eigenvalue weighted by Gasteiger charge is 2.47. The molecule has 2 aliphatic rings. The lowest BCUT2D eigenvalue weighted by Crippen LogP contribution is -2.48. The molecule has 0 radical (unpaired) electrons. The molecule has 0 amide bonds. The van der Waals surface area contributed by atoms with Crippen molar-refractivity contribution >= 4 is 0 Å². The van der Waals surface area contributed by atoms with Crippen LogP contribution in [0.5, 0.6) is 0 Å². The average molecular weight is 327 g/mol. The van der Waals surface area contributed by atoms with E-state index in [0.29, 0.717) is 0 Å². The Morgan fingerprint density at radius 1 is 1.16 bits per heavy atom. The molecule has 2 fully saturated rings. The molecule has 2 aliphatic heterocycles. The smallest absolute Gasteiger partial charge is 0.129 e. The van der Waals surface area contributed by atoms with Gasteiger partial charge in [0.15, 0.2) is 0 Å². The summed E-state index contributed by atoms with van der Waals surface area (Å²) in [6, 6.07) is 14.9. The van der Waals surface area contributed by atoms with Crippen LogP contribution in [0, 0.1) is 34.5 Å². The van der Waals surface area contributed by atoms with E-state index < -0.39 is 0 Å². The highest BCUT2D eigenvalue weighted by molar-refractivity contribution is 5.48. The number of rotatable bonds is 4. The maximum Gasteiger partial charge on any atom is 0.129 e. The van der Waals surface area contributed by atoms with Crippen LogP contribution in [0.1, 0.15) is 24.3 Å². The van der Waals surface area contributed by atoms with Gasteiger partial charge in [0.05, 0.1) is 0 Å². The number of piperidine rings is 1. The molecule has 0 spiro atoms. The van der Waals surface area contributed by atoms with Crippen molar-refractivity contribution in [2.75, 3.05) is 0 Å². The first-order valence-electron chi connectivity index (χ1n) is 8.58. The van der Waals surface area contributed by atoms with E-state index in [1.165, 1.54) is 0 Å². The predicted octanol–water partition coefficient (Wildman–Crippen LogP) is 4.01. The second kappa shape index (κ2) is 7.37. The van der Waals surface area contributed by atoms with Crippen molar-refractivity contribution in [1.29, 1.82) is 10.5 Å². The molecule has 2 saturated heterocycles. The minimum Gasteiger partial charge on any atom is -0.310 e. The summed E-state index contributed by atoms with van der Waals surface area (Å²) >= 11 is 0. The van der Waals surface area contributed by atoms with E-state index in [0.717, 1.165) is 24.0 Å². The van der Waals surface area contributed by atoms with Gasteiger partial charge < -0.3 is 5.32 Å². The Balaban J connectivity index is 2.19. The number of nitriles is 2. The summed E-state index contributed by atoms with van der Waals surface area (Å²) in [5.74, 6) is 0.0504. The Morgan fingerprint density at radius 3 is 2.44 bits per heavy atom. The van der Waals surface area contributed by atoms with Crippen molar-refractivity contribution in [2.24, 2.45) is 11.8 Å². The lowest BCUT2D eigenvalue weighted by Gasteiger charge is -2.41. The lowest BCUT2D eigenvalue weighted by molar-refractivity contribution is 0.307. The Morgan fingerprint density at radius 2 is 1.84 bits per heavy atom. The van der Waals surface area contributed by atoms with E-state index >= 15 is 0 Å². The van der Waals surface area contributed by atoms with Crippen LogP contribution in [0.15, 0.2) is 72.5 Å². The summed E-state index contributed by atoms with van der Waals surface area (Å²) in [5.41, 5.74) is 5.18. The van der Waals surface area contributed by atoms with Gasteiger partial charge in [0.2, 0.25) is 0 Å². The molecule has 0 aliphatic carbocycles. The van der Waals surface area contributed by atoms with Gasteiger partial charge in [-0.1, -0.05) is 43.0 Å². The van der Waals surface area contributed by atoms with Crippen LogP contribution in [0.25, 0.3) is 0 Å². The van der Waals surface area contributed by atoms with Gasteiger partial charge >= 0.3 is 0 Å². The van der Waals surface area contributed by atoms with Crippen LogP contribution < -0.4 is 5.32 Å².